The van der Waals surface area contributed by atoms with Gasteiger partial charge in [-0.1, -0.05) is 64.1 Å². The number of carbonyl (C=O) groups is 4. The van der Waals surface area contributed by atoms with Gasteiger partial charge in [0.05, 0.1) is 26.8 Å². The van der Waals surface area contributed by atoms with Crippen LogP contribution in [0.15, 0.2) is 37.4 Å². The number of nitrogens with one attached hydrogen (secondary N) is 1. The summed E-state index contributed by atoms with van der Waals surface area (Å²) in [6.07, 6.45) is 6.63. The molecule has 3 aliphatic rings. The van der Waals surface area contributed by atoms with Gasteiger partial charge < -0.3 is 24.4 Å². The van der Waals surface area contributed by atoms with E-state index >= 15 is 0 Å². The van der Waals surface area contributed by atoms with Crippen LogP contribution in [0.5, 0.6) is 0 Å². The van der Waals surface area contributed by atoms with Crippen LogP contribution < -0.4 is 5.32 Å². The van der Waals surface area contributed by atoms with Gasteiger partial charge in [-0.15, -0.1) is 6.58 Å². The van der Waals surface area contributed by atoms with Crippen molar-refractivity contribution < 1.29 is 33.4 Å². The fourth-order valence-corrected chi connectivity index (χ4v) is 6.22. The lowest BCUT2D eigenvalue weighted by molar-refractivity contribution is -0.152. The highest BCUT2D eigenvalue weighted by atomic mass is 16.6. The second kappa shape index (κ2) is 13.2. The molecule has 10 heteroatoms. The van der Waals surface area contributed by atoms with Crippen molar-refractivity contribution >= 4 is 30.1 Å². The Balaban J connectivity index is 1.42. The number of amides is 3. The Morgan fingerprint density at radius 2 is 1.91 bits per heavy atom. The average molecular weight is 596 g/mol. The van der Waals surface area contributed by atoms with E-state index in [2.05, 4.69) is 18.5 Å². The first-order valence-electron chi connectivity index (χ1n) is 15.0. The number of esters is 1. The van der Waals surface area contributed by atoms with E-state index in [4.69, 9.17) is 14.2 Å². The first-order chi connectivity index (χ1) is 20.4. The van der Waals surface area contributed by atoms with Gasteiger partial charge >= 0.3 is 18.2 Å². The molecule has 1 aromatic rings. The number of benzene rings is 1. The quantitative estimate of drug-likeness (QED) is 0.225. The number of nitrogens with zero attached hydrogens (tertiary/aromatic N) is 2. The summed E-state index contributed by atoms with van der Waals surface area (Å²) in [5.41, 5.74) is 2.28. The monoisotopic (exact) mass is 595 g/mol. The summed E-state index contributed by atoms with van der Waals surface area (Å²) < 4.78 is 16.4. The lowest BCUT2D eigenvalue weighted by atomic mass is 9.66. The summed E-state index contributed by atoms with van der Waals surface area (Å²) in [6, 6.07) is 3.90. The zero-order chi connectivity index (χ0) is 31.4. The molecule has 2 aliphatic heterocycles. The number of ether oxygens (including phenoxy) is 3. The summed E-state index contributed by atoms with van der Waals surface area (Å²) in [7, 11) is 1.25. The Kier molecular flexibility index (Phi) is 9.87. The van der Waals surface area contributed by atoms with Crippen LogP contribution in [0.4, 0.5) is 9.59 Å². The van der Waals surface area contributed by atoms with E-state index in [-0.39, 0.29) is 25.0 Å². The second-order valence-corrected chi connectivity index (χ2v) is 13.0. The molecule has 0 unspecified atom stereocenters. The second-order valence-electron chi connectivity index (χ2n) is 13.0. The minimum atomic E-state index is -0.988. The van der Waals surface area contributed by atoms with E-state index < -0.39 is 47.7 Å². The lowest BCUT2D eigenvalue weighted by Crippen LogP contribution is -2.57. The number of methoxy groups -OCH3 is 1. The normalized spacial score (nSPS) is 21.2. The van der Waals surface area contributed by atoms with Crippen LogP contribution in [0.2, 0.25) is 0 Å². The molecule has 0 spiro atoms. The van der Waals surface area contributed by atoms with E-state index in [1.807, 2.05) is 45.0 Å². The highest BCUT2D eigenvalue weighted by molar-refractivity contribution is 5.91. The van der Waals surface area contributed by atoms with Crippen LogP contribution in [0.1, 0.15) is 76.0 Å². The van der Waals surface area contributed by atoms with Gasteiger partial charge in [0, 0.05) is 18.4 Å². The Morgan fingerprint density at radius 1 is 1.16 bits per heavy atom. The van der Waals surface area contributed by atoms with Crippen molar-refractivity contribution in [2.24, 2.45) is 10.8 Å². The molecule has 234 valence electrons. The molecule has 0 radical (unpaired) electrons. The largest absolute Gasteiger partial charge is 0.467 e. The molecule has 1 N–H and O–H groups in total. The average Bonchev–Trinajstić information content (AvgIpc) is 3.58. The number of alkyl carbamates (subject to hydrolysis) is 1. The Labute approximate surface area is 254 Å². The zero-order valence-corrected chi connectivity index (χ0v) is 25.9. The first kappa shape index (κ1) is 32.1. The molecular formula is C33H45N3O7. The van der Waals surface area contributed by atoms with E-state index in [9.17, 15) is 19.2 Å². The number of hydrogen-bond acceptors (Lipinski definition) is 7. The summed E-state index contributed by atoms with van der Waals surface area (Å²) in [6.45, 7) is 14.2. The number of rotatable bonds is 10. The van der Waals surface area contributed by atoms with Crippen molar-refractivity contribution in [3.8, 4) is 0 Å². The van der Waals surface area contributed by atoms with Gasteiger partial charge in [-0.3, -0.25) is 9.69 Å². The SMILES string of the molecule is C=CCCC1(COC(=O)N[C@H](C(=O)N2C[C@H](OC(=O)N3Cc4cccc(C=C)c4C3)C[C@H]2C(=O)OC)C(C)(C)C)CCC1. The Morgan fingerprint density at radius 3 is 2.51 bits per heavy atom. The molecular weight excluding hydrogens is 550 g/mol. The van der Waals surface area contributed by atoms with E-state index in [1.54, 1.807) is 11.0 Å². The van der Waals surface area contributed by atoms with E-state index in [0.717, 1.165) is 48.8 Å². The van der Waals surface area contributed by atoms with Crippen molar-refractivity contribution in [2.45, 2.75) is 90.6 Å². The topological polar surface area (TPSA) is 114 Å². The first-order valence-corrected chi connectivity index (χ1v) is 15.0. The summed E-state index contributed by atoms with van der Waals surface area (Å²) in [5.74, 6) is -1.08. The van der Waals surface area contributed by atoms with Crippen molar-refractivity contribution in [1.29, 1.82) is 0 Å². The van der Waals surface area contributed by atoms with Gasteiger partial charge in [0.1, 0.15) is 18.2 Å². The van der Waals surface area contributed by atoms with Gasteiger partial charge in [-0.05, 0) is 47.8 Å². The molecule has 43 heavy (non-hydrogen) atoms. The number of hydrogen-bond donors (Lipinski definition) is 1. The third-order valence-corrected chi connectivity index (χ3v) is 8.96. The third kappa shape index (κ3) is 7.22. The van der Waals surface area contributed by atoms with Crippen LogP contribution in [0.3, 0.4) is 0 Å². The van der Waals surface area contributed by atoms with Gasteiger partial charge in [-0.25, -0.2) is 14.4 Å². The molecule has 0 bridgehead atoms. The van der Waals surface area contributed by atoms with Gasteiger partial charge in [0.2, 0.25) is 5.91 Å². The van der Waals surface area contributed by atoms with Crippen LogP contribution in [0.25, 0.3) is 6.08 Å². The molecule has 3 amide bonds. The number of allylic oxidation sites excluding steroid dienone is 1. The Hall–Kier alpha value is -3.82. The Bertz CT molecular complexity index is 1250. The molecule has 10 nitrogen and oxygen atoms in total. The third-order valence-electron chi connectivity index (χ3n) is 8.96. The lowest BCUT2D eigenvalue weighted by Gasteiger charge is -2.41. The summed E-state index contributed by atoms with van der Waals surface area (Å²) in [5, 5.41) is 2.76. The maximum atomic E-state index is 14.0. The van der Waals surface area contributed by atoms with E-state index in [0.29, 0.717) is 13.1 Å². The predicted octanol–water partition coefficient (Wildman–Crippen LogP) is 5.20. The molecule has 4 rings (SSSR count). The van der Waals surface area contributed by atoms with Gasteiger partial charge in [0.25, 0.3) is 0 Å². The van der Waals surface area contributed by atoms with Crippen molar-refractivity contribution in [2.75, 3.05) is 20.3 Å². The molecule has 0 aromatic heterocycles. The predicted molar refractivity (Wildman–Crippen MR) is 162 cm³/mol. The van der Waals surface area contributed by atoms with E-state index in [1.165, 1.54) is 12.0 Å². The fraction of sp³-hybridized carbons (Fsp3) is 0.576. The number of fused-ring (bicyclic) bond motifs is 1. The maximum Gasteiger partial charge on any atom is 0.410 e. The minimum absolute atomic E-state index is 0.00297. The zero-order valence-electron chi connectivity index (χ0n) is 25.9. The maximum absolute atomic E-state index is 14.0. The van der Waals surface area contributed by atoms with Gasteiger partial charge in [0.15, 0.2) is 0 Å². The molecule has 3 atom stereocenters. The number of likely N-dealkylation sites (tertiary alicyclic amines) is 1. The number of carbonyl (C=O) groups excluding carboxylic acids is 4. The highest BCUT2D eigenvalue weighted by Gasteiger charge is 2.47. The minimum Gasteiger partial charge on any atom is -0.467 e. The summed E-state index contributed by atoms with van der Waals surface area (Å²) >= 11 is 0. The van der Waals surface area contributed by atoms with Crippen LogP contribution in [-0.4, -0.2) is 72.3 Å². The highest BCUT2D eigenvalue weighted by Crippen LogP contribution is 2.45. The molecule has 1 aromatic carbocycles. The molecule has 1 saturated heterocycles. The standard InChI is InChI=1S/C33H45N3O7/c1-7-9-14-33(15-11-16-33)21-42-30(39)34-27(32(3,4)5)28(37)36-19-24(17-26(36)29(38)41-6)43-31(40)35-18-23-13-10-12-22(8-2)25(23)20-35/h7-8,10,12-13,24,26-27H,1-2,9,11,14-21H2,3-6H3,(H,34,39)/t24-,26+,27-/m1/s1. The van der Waals surface area contributed by atoms with Gasteiger partial charge in [-0.2, -0.15) is 0 Å². The molecule has 1 saturated carbocycles. The van der Waals surface area contributed by atoms with Crippen LogP contribution in [-0.2, 0) is 36.9 Å². The smallest absolute Gasteiger partial charge is 0.410 e. The molecule has 2 heterocycles. The molecule has 1 aliphatic carbocycles. The van der Waals surface area contributed by atoms with Crippen LogP contribution in [0, 0.1) is 10.8 Å². The van der Waals surface area contributed by atoms with Crippen molar-refractivity contribution in [3.63, 3.8) is 0 Å². The summed E-state index contributed by atoms with van der Waals surface area (Å²) in [4.78, 5) is 55.8. The van der Waals surface area contributed by atoms with Crippen molar-refractivity contribution in [3.05, 3.63) is 54.1 Å². The van der Waals surface area contributed by atoms with Crippen molar-refractivity contribution in [1.82, 2.24) is 15.1 Å². The fourth-order valence-electron chi connectivity index (χ4n) is 6.22. The molecule has 2 fully saturated rings. The van der Waals surface area contributed by atoms with Crippen LogP contribution >= 0.6 is 0 Å².